The Hall–Kier alpha value is -1.67. The Morgan fingerprint density at radius 3 is 3.08 bits per heavy atom. The van der Waals surface area contributed by atoms with Crippen molar-refractivity contribution in [1.29, 1.82) is 0 Å². The Labute approximate surface area is 76.3 Å². The van der Waals surface area contributed by atoms with Gasteiger partial charge < -0.3 is 4.74 Å². The molecule has 1 heterocycles. The Morgan fingerprint density at radius 2 is 2.46 bits per heavy atom. The molecule has 0 aromatic carbocycles. The van der Waals surface area contributed by atoms with E-state index in [9.17, 15) is 4.79 Å². The normalized spacial score (nSPS) is 11.5. The smallest absolute Gasteiger partial charge is 0.235 e. The van der Waals surface area contributed by atoms with Crippen molar-refractivity contribution in [2.75, 3.05) is 7.11 Å². The van der Waals surface area contributed by atoms with Gasteiger partial charge in [0, 0.05) is 11.8 Å². The molecule has 0 radical (unpaired) electrons. The SMILES string of the molecule is COc1ncccc1C(C)N=C=O. The minimum Gasteiger partial charge on any atom is -0.481 e. The Kier molecular flexibility index (Phi) is 3.17. The van der Waals surface area contributed by atoms with Gasteiger partial charge >= 0.3 is 0 Å². The summed E-state index contributed by atoms with van der Waals surface area (Å²) in [7, 11) is 1.53. The number of pyridine rings is 1. The molecule has 1 unspecified atom stereocenters. The van der Waals surface area contributed by atoms with E-state index in [0.29, 0.717) is 5.88 Å². The molecular weight excluding hydrogens is 168 g/mol. The van der Waals surface area contributed by atoms with Crippen molar-refractivity contribution in [3.63, 3.8) is 0 Å². The summed E-state index contributed by atoms with van der Waals surface area (Å²) in [5.74, 6) is 0.494. The van der Waals surface area contributed by atoms with Crippen LogP contribution in [0.15, 0.2) is 23.3 Å². The first-order valence-corrected chi connectivity index (χ1v) is 3.85. The number of hydrogen-bond donors (Lipinski definition) is 0. The quantitative estimate of drug-likeness (QED) is 0.520. The number of aliphatic imine (C=N–C) groups is 1. The molecule has 0 fully saturated rings. The van der Waals surface area contributed by atoms with Crippen LogP contribution < -0.4 is 4.74 Å². The lowest BCUT2D eigenvalue weighted by Gasteiger charge is -2.08. The molecule has 4 nitrogen and oxygen atoms in total. The van der Waals surface area contributed by atoms with E-state index in [-0.39, 0.29) is 6.04 Å². The molecule has 0 bridgehead atoms. The third-order valence-electron chi connectivity index (χ3n) is 1.69. The van der Waals surface area contributed by atoms with Crippen molar-refractivity contribution in [1.82, 2.24) is 4.98 Å². The molecule has 0 spiro atoms. The van der Waals surface area contributed by atoms with E-state index in [1.165, 1.54) is 13.2 Å². The molecule has 1 rings (SSSR count). The van der Waals surface area contributed by atoms with Crippen LogP contribution >= 0.6 is 0 Å². The molecule has 1 aromatic rings. The van der Waals surface area contributed by atoms with E-state index in [0.717, 1.165) is 5.56 Å². The van der Waals surface area contributed by atoms with Crippen LogP contribution in [0.25, 0.3) is 0 Å². The van der Waals surface area contributed by atoms with E-state index in [1.54, 1.807) is 19.2 Å². The topological polar surface area (TPSA) is 51.6 Å². The molecule has 0 aliphatic heterocycles. The molecule has 1 aromatic heterocycles. The summed E-state index contributed by atoms with van der Waals surface area (Å²) >= 11 is 0. The summed E-state index contributed by atoms with van der Waals surface area (Å²) in [4.78, 5) is 17.6. The van der Waals surface area contributed by atoms with Crippen molar-refractivity contribution >= 4 is 6.08 Å². The van der Waals surface area contributed by atoms with Crippen LogP contribution in [0.5, 0.6) is 5.88 Å². The Bertz CT molecular complexity index is 332. The van der Waals surface area contributed by atoms with Crippen molar-refractivity contribution < 1.29 is 9.53 Å². The highest BCUT2D eigenvalue weighted by molar-refractivity contribution is 5.37. The van der Waals surface area contributed by atoms with Gasteiger partial charge in [-0.3, -0.25) is 0 Å². The van der Waals surface area contributed by atoms with Gasteiger partial charge in [-0.1, -0.05) is 0 Å². The fraction of sp³-hybridized carbons (Fsp3) is 0.333. The molecule has 13 heavy (non-hydrogen) atoms. The maximum Gasteiger partial charge on any atom is 0.235 e. The summed E-state index contributed by atoms with van der Waals surface area (Å²) in [6.45, 7) is 1.78. The van der Waals surface area contributed by atoms with E-state index in [1.807, 2.05) is 6.07 Å². The summed E-state index contributed by atoms with van der Waals surface area (Å²) in [5, 5.41) is 0. The second-order valence-electron chi connectivity index (χ2n) is 2.50. The lowest BCUT2D eigenvalue weighted by atomic mass is 10.1. The average molecular weight is 178 g/mol. The van der Waals surface area contributed by atoms with Crippen molar-refractivity contribution in [3.8, 4) is 5.88 Å². The predicted octanol–water partition coefficient (Wildman–Crippen LogP) is 1.49. The van der Waals surface area contributed by atoms with Gasteiger partial charge in [-0.25, -0.2) is 9.78 Å². The van der Waals surface area contributed by atoms with Crippen LogP contribution in [0.4, 0.5) is 0 Å². The van der Waals surface area contributed by atoms with Gasteiger partial charge in [-0.2, -0.15) is 4.99 Å². The molecule has 0 amide bonds. The fourth-order valence-corrected chi connectivity index (χ4v) is 1.04. The maximum atomic E-state index is 10.0. The number of nitrogens with zero attached hydrogens (tertiary/aromatic N) is 2. The number of carbonyl (C=O) groups excluding carboxylic acids is 1. The molecule has 0 N–H and O–H groups in total. The maximum absolute atomic E-state index is 10.0. The van der Waals surface area contributed by atoms with Crippen LogP contribution in [-0.2, 0) is 4.79 Å². The fourth-order valence-electron chi connectivity index (χ4n) is 1.04. The van der Waals surface area contributed by atoms with Crippen LogP contribution in [-0.4, -0.2) is 18.2 Å². The highest BCUT2D eigenvalue weighted by Crippen LogP contribution is 2.23. The van der Waals surface area contributed by atoms with Crippen LogP contribution in [0.3, 0.4) is 0 Å². The first kappa shape index (κ1) is 9.42. The number of isocyanates is 1. The lowest BCUT2D eigenvalue weighted by Crippen LogP contribution is -1.96. The van der Waals surface area contributed by atoms with Crippen LogP contribution in [0.1, 0.15) is 18.5 Å². The van der Waals surface area contributed by atoms with Gasteiger partial charge in [0.15, 0.2) is 0 Å². The molecule has 0 saturated heterocycles. The van der Waals surface area contributed by atoms with E-state index in [4.69, 9.17) is 4.74 Å². The molecule has 0 saturated carbocycles. The second kappa shape index (κ2) is 4.38. The highest BCUT2D eigenvalue weighted by atomic mass is 16.5. The summed E-state index contributed by atoms with van der Waals surface area (Å²) in [5.41, 5.74) is 0.786. The Balaban J connectivity index is 3.04. The number of ether oxygens (including phenoxy) is 1. The monoisotopic (exact) mass is 178 g/mol. The number of rotatable bonds is 3. The van der Waals surface area contributed by atoms with Gasteiger partial charge in [-0.05, 0) is 19.1 Å². The van der Waals surface area contributed by atoms with Crippen molar-refractivity contribution in [3.05, 3.63) is 23.9 Å². The first-order valence-electron chi connectivity index (χ1n) is 3.85. The van der Waals surface area contributed by atoms with Gasteiger partial charge in [0.1, 0.15) is 0 Å². The van der Waals surface area contributed by atoms with Gasteiger partial charge in [-0.15, -0.1) is 0 Å². The standard InChI is InChI=1S/C9H10N2O2/c1-7(11-6-12)8-4-3-5-10-9(8)13-2/h3-5,7H,1-2H3. The number of methoxy groups -OCH3 is 1. The molecule has 4 heteroatoms. The molecule has 68 valence electrons. The largest absolute Gasteiger partial charge is 0.481 e. The zero-order valence-electron chi connectivity index (χ0n) is 7.52. The highest BCUT2D eigenvalue weighted by Gasteiger charge is 2.09. The summed E-state index contributed by atoms with van der Waals surface area (Å²) < 4.78 is 5.01. The van der Waals surface area contributed by atoms with Crippen molar-refractivity contribution in [2.24, 2.45) is 4.99 Å². The predicted molar refractivity (Wildman–Crippen MR) is 47.3 cm³/mol. The van der Waals surface area contributed by atoms with Crippen LogP contribution in [0.2, 0.25) is 0 Å². The minimum absolute atomic E-state index is 0.263. The number of aromatic nitrogens is 1. The van der Waals surface area contributed by atoms with Gasteiger partial charge in [0.25, 0.3) is 0 Å². The van der Waals surface area contributed by atoms with Gasteiger partial charge in [0.05, 0.1) is 13.2 Å². The third-order valence-corrected chi connectivity index (χ3v) is 1.69. The average Bonchev–Trinajstić information content (AvgIpc) is 2.18. The first-order chi connectivity index (χ1) is 6.29. The molecule has 0 aliphatic carbocycles. The molecular formula is C9H10N2O2. The van der Waals surface area contributed by atoms with E-state index in [2.05, 4.69) is 9.98 Å². The number of hydrogen-bond acceptors (Lipinski definition) is 4. The minimum atomic E-state index is -0.263. The van der Waals surface area contributed by atoms with Gasteiger partial charge in [0.2, 0.25) is 12.0 Å². The molecule has 0 aliphatic rings. The van der Waals surface area contributed by atoms with E-state index >= 15 is 0 Å². The zero-order chi connectivity index (χ0) is 9.68. The summed E-state index contributed by atoms with van der Waals surface area (Å²) in [6.07, 6.45) is 3.13. The van der Waals surface area contributed by atoms with E-state index < -0.39 is 0 Å². The zero-order valence-corrected chi connectivity index (χ0v) is 7.52. The summed E-state index contributed by atoms with van der Waals surface area (Å²) in [6, 6.07) is 3.33. The van der Waals surface area contributed by atoms with Crippen LogP contribution in [0, 0.1) is 0 Å². The second-order valence-corrected chi connectivity index (χ2v) is 2.50. The molecule has 1 atom stereocenters. The third kappa shape index (κ3) is 2.13. The Morgan fingerprint density at radius 1 is 1.69 bits per heavy atom. The van der Waals surface area contributed by atoms with Crippen molar-refractivity contribution in [2.45, 2.75) is 13.0 Å². The lowest BCUT2D eigenvalue weighted by molar-refractivity contribution is 0.389.